The first-order valence-corrected chi connectivity index (χ1v) is 10.4. The average Bonchev–Trinajstić information content (AvgIpc) is 3.32. The molecule has 0 aromatic carbocycles. The highest BCUT2D eigenvalue weighted by Crippen LogP contribution is 2.34. The number of fused-ring (bicyclic) bond motifs is 1. The first-order chi connectivity index (χ1) is 13.9. The van der Waals surface area contributed by atoms with E-state index in [0.717, 1.165) is 48.7 Å². The van der Waals surface area contributed by atoms with Crippen LogP contribution in [0.25, 0.3) is 5.65 Å². The monoisotopic (exact) mass is 395 g/mol. The Balaban J connectivity index is 1.63. The summed E-state index contributed by atoms with van der Waals surface area (Å²) < 4.78 is 7.33. The molecular weight excluding hydrogens is 366 g/mol. The summed E-state index contributed by atoms with van der Waals surface area (Å²) in [5.41, 5.74) is 2.24. The Morgan fingerprint density at radius 3 is 2.90 bits per heavy atom. The molecule has 1 saturated heterocycles. The topological polar surface area (TPSA) is 75.7 Å². The molecule has 3 aromatic heterocycles. The van der Waals surface area contributed by atoms with Crippen LogP contribution in [0.5, 0.6) is 0 Å². The minimum absolute atomic E-state index is 0.0627. The smallest absolute Gasteiger partial charge is 0.276 e. The van der Waals surface area contributed by atoms with Gasteiger partial charge in [-0.1, -0.05) is 18.1 Å². The standard InChI is InChI=1S/C22H29N5O2/c1-5-16-13-17(25-29-16)21(28)26-11-8-9-15(14-26)19-20(24-22(2,3)4)27-12-7-6-10-18(27)23-19/h6-7,10,12-13,15,24H,5,8-9,11,14H2,1-4H3/t15-/m1/s1. The van der Waals surface area contributed by atoms with Gasteiger partial charge >= 0.3 is 0 Å². The zero-order chi connectivity index (χ0) is 20.6. The fourth-order valence-electron chi connectivity index (χ4n) is 3.91. The number of hydrogen-bond donors (Lipinski definition) is 1. The molecule has 7 heteroatoms. The van der Waals surface area contributed by atoms with Crippen LogP contribution in [-0.4, -0.2) is 44.0 Å². The van der Waals surface area contributed by atoms with Crippen LogP contribution >= 0.6 is 0 Å². The second-order valence-corrected chi connectivity index (χ2v) is 8.77. The second kappa shape index (κ2) is 7.54. The van der Waals surface area contributed by atoms with E-state index in [0.29, 0.717) is 12.2 Å². The summed E-state index contributed by atoms with van der Waals surface area (Å²) in [6.45, 7) is 9.79. The summed E-state index contributed by atoms with van der Waals surface area (Å²) >= 11 is 0. The third kappa shape index (κ3) is 3.99. The van der Waals surface area contributed by atoms with Gasteiger partial charge in [-0.15, -0.1) is 0 Å². The molecule has 0 radical (unpaired) electrons. The van der Waals surface area contributed by atoms with E-state index in [4.69, 9.17) is 9.51 Å². The maximum atomic E-state index is 13.0. The van der Waals surface area contributed by atoms with Gasteiger partial charge in [0.2, 0.25) is 0 Å². The molecule has 0 unspecified atom stereocenters. The number of nitrogens with zero attached hydrogens (tertiary/aromatic N) is 4. The molecule has 0 bridgehead atoms. The lowest BCUT2D eigenvalue weighted by Gasteiger charge is -2.32. The van der Waals surface area contributed by atoms with Gasteiger partial charge in [0.25, 0.3) is 5.91 Å². The number of hydrogen-bond acceptors (Lipinski definition) is 5. The third-order valence-corrected chi connectivity index (χ3v) is 5.27. The fraction of sp³-hybridized carbons (Fsp3) is 0.500. The maximum Gasteiger partial charge on any atom is 0.276 e. The van der Waals surface area contributed by atoms with Crippen LogP contribution in [0, 0.1) is 0 Å². The second-order valence-electron chi connectivity index (χ2n) is 8.77. The van der Waals surface area contributed by atoms with Crippen LogP contribution < -0.4 is 5.32 Å². The predicted octanol–water partition coefficient (Wildman–Crippen LogP) is 4.11. The minimum Gasteiger partial charge on any atom is -0.365 e. The van der Waals surface area contributed by atoms with E-state index in [1.807, 2.05) is 36.2 Å². The molecule has 1 fully saturated rings. The van der Waals surface area contributed by atoms with Crippen LogP contribution in [0.15, 0.2) is 35.0 Å². The zero-order valence-corrected chi connectivity index (χ0v) is 17.6. The molecule has 0 aliphatic carbocycles. The number of carbonyl (C=O) groups is 1. The molecule has 154 valence electrons. The lowest BCUT2D eigenvalue weighted by Crippen LogP contribution is -2.39. The number of piperidine rings is 1. The number of aromatic nitrogens is 3. The van der Waals surface area contributed by atoms with Crippen molar-refractivity contribution in [1.29, 1.82) is 0 Å². The highest BCUT2D eigenvalue weighted by Gasteiger charge is 2.31. The maximum absolute atomic E-state index is 13.0. The third-order valence-electron chi connectivity index (χ3n) is 5.27. The Kier molecular flexibility index (Phi) is 5.06. The van der Waals surface area contributed by atoms with E-state index in [9.17, 15) is 4.79 Å². The summed E-state index contributed by atoms with van der Waals surface area (Å²) in [6, 6.07) is 7.78. The molecule has 4 rings (SSSR count). The van der Waals surface area contributed by atoms with Crippen molar-refractivity contribution >= 4 is 17.4 Å². The van der Waals surface area contributed by atoms with E-state index in [2.05, 4.69) is 35.6 Å². The van der Waals surface area contributed by atoms with Crippen LogP contribution in [0.2, 0.25) is 0 Å². The molecule has 0 saturated carbocycles. The summed E-state index contributed by atoms with van der Waals surface area (Å²) in [4.78, 5) is 19.8. The largest absolute Gasteiger partial charge is 0.365 e. The molecule has 3 aromatic rings. The Hall–Kier alpha value is -2.83. The molecule has 1 amide bonds. The lowest BCUT2D eigenvalue weighted by atomic mass is 9.94. The van der Waals surface area contributed by atoms with Gasteiger partial charge in [-0.25, -0.2) is 4.98 Å². The molecule has 29 heavy (non-hydrogen) atoms. The highest BCUT2D eigenvalue weighted by molar-refractivity contribution is 5.92. The number of nitrogens with one attached hydrogen (secondary N) is 1. The molecule has 1 aliphatic rings. The number of anilines is 1. The molecule has 7 nitrogen and oxygen atoms in total. The van der Waals surface area contributed by atoms with Crippen molar-refractivity contribution < 1.29 is 9.32 Å². The predicted molar refractivity (Wildman–Crippen MR) is 112 cm³/mol. The van der Waals surface area contributed by atoms with Crippen molar-refractivity contribution in [3.8, 4) is 0 Å². The van der Waals surface area contributed by atoms with E-state index in [1.165, 1.54) is 0 Å². The van der Waals surface area contributed by atoms with Gasteiger partial charge in [0.1, 0.15) is 17.2 Å². The van der Waals surface area contributed by atoms with E-state index in [-0.39, 0.29) is 17.4 Å². The SMILES string of the molecule is CCc1cc(C(=O)N2CCC[C@@H](c3nc4ccccn4c3NC(C)(C)C)C2)no1. The van der Waals surface area contributed by atoms with E-state index in [1.54, 1.807) is 6.07 Å². The van der Waals surface area contributed by atoms with Gasteiger partial charge in [0.15, 0.2) is 5.69 Å². The molecule has 1 N–H and O–H groups in total. The van der Waals surface area contributed by atoms with E-state index >= 15 is 0 Å². The average molecular weight is 396 g/mol. The summed E-state index contributed by atoms with van der Waals surface area (Å²) in [5.74, 6) is 1.86. The summed E-state index contributed by atoms with van der Waals surface area (Å²) in [5, 5.41) is 7.59. The molecule has 1 atom stereocenters. The van der Waals surface area contributed by atoms with Crippen molar-refractivity contribution in [2.75, 3.05) is 18.4 Å². The first kappa shape index (κ1) is 19.5. The fourth-order valence-corrected chi connectivity index (χ4v) is 3.91. The van der Waals surface area contributed by atoms with Crippen LogP contribution in [0.3, 0.4) is 0 Å². The number of pyridine rings is 1. The number of likely N-dealkylation sites (tertiary alicyclic amines) is 1. The first-order valence-electron chi connectivity index (χ1n) is 10.4. The number of amides is 1. The zero-order valence-electron chi connectivity index (χ0n) is 17.6. The van der Waals surface area contributed by atoms with E-state index < -0.39 is 0 Å². The Bertz CT molecular complexity index is 1010. The van der Waals surface area contributed by atoms with Gasteiger partial charge in [0.05, 0.1) is 5.69 Å². The molecule has 0 spiro atoms. The Morgan fingerprint density at radius 1 is 1.34 bits per heavy atom. The van der Waals surface area contributed by atoms with Crippen molar-refractivity contribution in [3.63, 3.8) is 0 Å². The molecule has 1 aliphatic heterocycles. The Morgan fingerprint density at radius 2 is 2.17 bits per heavy atom. The quantitative estimate of drug-likeness (QED) is 0.719. The van der Waals surface area contributed by atoms with Crippen molar-refractivity contribution in [3.05, 3.63) is 47.6 Å². The van der Waals surface area contributed by atoms with Crippen LogP contribution in [0.4, 0.5) is 5.82 Å². The lowest BCUT2D eigenvalue weighted by molar-refractivity contribution is 0.0695. The number of rotatable bonds is 4. The van der Waals surface area contributed by atoms with Gasteiger partial charge in [0, 0.05) is 43.2 Å². The molecule has 4 heterocycles. The van der Waals surface area contributed by atoms with Crippen molar-refractivity contribution in [2.24, 2.45) is 0 Å². The minimum atomic E-state index is -0.0952. The summed E-state index contributed by atoms with van der Waals surface area (Å²) in [6.07, 6.45) is 4.71. The van der Waals surface area contributed by atoms with Crippen molar-refractivity contribution in [1.82, 2.24) is 19.4 Å². The highest BCUT2D eigenvalue weighted by atomic mass is 16.5. The summed E-state index contributed by atoms with van der Waals surface area (Å²) in [7, 11) is 0. The Labute approximate surface area is 171 Å². The van der Waals surface area contributed by atoms with Crippen molar-refractivity contribution in [2.45, 2.75) is 58.4 Å². The number of imidazole rings is 1. The van der Waals surface area contributed by atoms with Gasteiger partial charge < -0.3 is 14.7 Å². The van der Waals surface area contributed by atoms with Crippen LogP contribution in [-0.2, 0) is 6.42 Å². The van der Waals surface area contributed by atoms with Crippen LogP contribution in [0.1, 0.15) is 68.4 Å². The number of carbonyl (C=O) groups excluding carboxylic acids is 1. The van der Waals surface area contributed by atoms with Gasteiger partial charge in [-0.2, -0.15) is 0 Å². The van der Waals surface area contributed by atoms with Gasteiger partial charge in [-0.05, 0) is 45.7 Å². The van der Waals surface area contributed by atoms with Gasteiger partial charge in [-0.3, -0.25) is 9.20 Å². The normalized spacial score (nSPS) is 17.7. The molecular formula is C22H29N5O2. The number of aryl methyl sites for hydroxylation is 1.